The summed E-state index contributed by atoms with van der Waals surface area (Å²) in [6.07, 6.45) is 3.50. The summed E-state index contributed by atoms with van der Waals surface area (Å²) in [5.41, 5.74) is 1.89. The summed E-state index contributed by atoms with van der Waals surface area (Å²) in [5, 5.41) is 8.77. The molecule has 0 aromatic heterocycles. The Morgan fingerprint density at radius 1 is 1.06 bits per heavy atom. The lowest BCUT2D eigenvalue weighted by Crippen LogP contribution is -2.41. The average Bonchev–Trinajstić information content (AvgIpc) is 3.01. The number of imide groups is 1. The first-order chi connectivity index (χ1) is 14.8. The molecule has 158 valence electrons. The monoisotopic (exact) mass is 436 g/mol. The molecule has 0 radical (unpaired) electrons. The number of para-hydroxylation sites is 1. The predicted octanol–water partition coefficient (Wildman–Crippen LogP) is 4.03. The van der Waals surface area contributed by atoms with Crippen molar-refractivity contribution in [2.75, 3.05) is 18.5 Å². The first kappa shape index (κ1) is 22.0. The van der Waals surface area contributed by atoms with Gasteiger partial charge in [-0.3, -0.25) is 19.3 Å². The molecular formula is C23H20N2O5S. The van der Waals surface area contributed by atoms with Crippen LogP contribution in [0.15, 0.2) is 71.2 Å². The fraction of sp³-hybridized carbons (Fsp3) is 0.130. The molecule has 31 heavy (non-hydrogen) atoms. The molecule has 3 rings (SSSR count). The van der Waals surface area contributed by atoms with Gasteiger partial charge in [0.2, 0.25) is 5.91 Å². The van der Waals surface area contributed by atoms with Crippen molar-refractivity contribution >= 4 is 46.5 Å². The number of amides is 3. The fourth-order valence-corrected chi connectivity index (χ4v) is 3.91. The molecule has 7 nitrogen and oxygen atoms in total. The van der Waals surface area contributed by atoms with Crippen molar-refractivity contribution in [1.29, 1.82) is 0 Å². The van der Waals surface area contributed by atoms with Crippen molar-refractivity contribution in [1.82, 2.24) is 4.90 Å². The molecule has 0 atom stereocenters. The van der Waals surface area contributed by atoms with Gasteiger partial charge in [0.1, 0.15) is 6.54 Å². The molecule has 3 amide bonds. The van der Waals surface area contributed by atoms with E-state index in [0.717, 1.165) is 32.7 Å². The molecule has 1 aliphatic rings. The minimum Gasteiger partial charge on any atom is -0.478 e. The lowest BCUT2D eigenvalue weighted by Gasteiger charge is -2.21. The van der Waals surface area contributed by atoms with Crippen LogP contribution in [0.1, 0.15) is 22.8 Å². The van der Waals surface area contributed by atoms with E-state index < -0.39 is 29.6 Å². The summed E-state index contributed by atoms with van der Waals surface area (Å²) >= 11 is 0.771. The van der Waals surface area contributed by atoms with Crippen molar-refractivity contribution in [2.45, 2.75) is 6.92 Å². The van der Waals surface area contributed by atoms with Crippen LogP contribution in [0.2, 0.25) is 0 Å². The molecule has 0 unspecified atom stereocenters. The predicted molar refractivity (Wildman–Crippen MR) is 120 cm³/mol. The van der Waals surface area contributed by atoms with Gasteiger partial charge in [-0.05, 0) is 48.0 Å². The third-order valence-electron chi connectivity index (χ3n) is 4.59. The number of allylic oxidation sites excluding steroid dienone is 2. The second-order valence-corrected chi connectivity index (χ2v) is 7.84. The van der Waals surface area contributed by atoms with Crippen molar-refractivity contribution < 1.29 is 24.3 Å². The van der Waals surface area contributed by atoms with Gasteiger partial charge in [-0.15, -0.1) is 0 Å². The molecule has 8 heteroatoms. The van der Waals surface area contributed by atoms with Crippen molar-refractivity contribution in [3.63, 3.8) is 0 Å². The number of thioether (sulfide) groups is 1. The first-order valence-electron chi connectivity index (χ1n) is 9.35. The Bertz CT molecular complexity index is 1110. The van der Waals surface area contributed by atoms with Crippen LogP contribution in [0.3, 0.4) is 0 Å². The third kappa shape index (κ3) is 5.10. The second kappa shape index (κ2) is 9.44. The standard InChI is InChI=1S/C23H20N2O5S/c1-15(12-16-8-4-3-5-9-16)13-19-21(27)25(23(30)31-19)14-20(26)24(2)18-11-7-6-10-17(18)22(28)29/h3-13H,14H2,1-2H3,(H,28,29)/b15-12+,19-13-. The number of hydrogen-bond acceptors (Lipinski definition) is 5. The van der Waals surface area contributed by atoms with Crippen LogP contribution in [-0.2, 0) is 9.59 Å². The number of carboxylic acid groups (broad SMARTS) is 1. The Morgan fingerprint density at radius 2 is 1.71 bits per heavy atom. The summed E-state index contributed by atoms with van der Waals surface area (Å²) in [7, 11) is 1.41. The molecule has 0 saturated carbocycles. The van der Waals surface area contributed by atoms with Crippen molar-refractivity contribution in [2.24, 2.45) is 0 Å². The second-order valence-electron chi connectivity index (χ2n) is 6.84. The highest BCUT2D eigenvalue weighted by molar-refractivity contribution is 8.18. The Labute approximate surface area is 183 Å². The maximum absolute atomic E-state index is 12.7. The number of nitrogens with zero attached hydrogens (tertiary/aromatic N) is 2. The summed E-state index contributed by atoms with van der Waals surface area (Å²) in [4.78, 5) is 51.4. The zero-order valence-electron chi connectivity index (χ0n) is 16.9. The van der Waals surface area contributed by atoms with Gasteiger partial charge in [-0.1, -0.05) is 48.5 Å². The summed E-state index contributed by atoms with van der Waals surface area (Å²) in [6, 6.07) is 15.6. The van der Waals surface area contributed by atoms with Gasteiger partial charge in [-0.2, -0.15) is 0 Å². The summed E-state index contributed by atoms with van der Waals surface area (Å²) in [6.45, 7) is 1.34. The van der Waals surface area contributed by atoms with E-state index in [9.17, 15) is 24.3 Å². The number of anilines is 1. The molecule has 1 aliphatic heterocycles. The van der Waals surface area contributed by atoms with Crippen LogP contribution in [0.4, 0.5) is 10.5 Å². The molecule has 1 N–H and O–H groups in total. The van der Waals surface area contributed by atoms with Gasteiger partial charge in [0.25, 0.3) is 11.1 Å². The third-order valence-corrected chi connectivity index (χ3v) is 5.50. The number of rotatable bonds is 6. The summed E-state index contributed by atoms with van der Waals surface area (Å²) in [5.74, 6) is -2.30. The van der Waals surface area contributed by atoms with Crippen molar-refractivity contribution in [3.05, 3.63) is 82.3 Å². The van der Waals surface area contributed by atoms with E-state index in [4.69, 9.17) is 0 Å². The van der Waals surface area contributed by atoms with E-state index in [1.807, 2.05) is 43.3 Å². The molecular weight excluding hydrogens is 416 g/mol. The Hall–Kier alpha value is -3.65. The van der Waals surface area contributed by atoms with Crippen LogP contribution in [-0.4, -0.2) is 46.6 Å². The zero-order chi connectivity index (χ0) is 22.5. The lowest BCUT2D eigenvalue weighted by atomic mass is 10.1. The van der Waals surface area contributed by atoms with E-state index in [0.29, 0.717) is 0 Å². The zero-order valence-corrected chi connectivity index (χ0v) is 17.8. The van der Waals surface area contributed by atoms with E-state index in [2.05, 4.69) is 0 Å². The SMILES string of the molecule is CC(/C=C1\SC(=O)N(CC(=O)N(C)c2ccccc2C(=O)O)C1=O)=C\c1ccccc1. The molecule has 2 aromatic rings. The van der Waals surface area contributed by atoms with Crippen LogP contribution in [0, 0.1) is 0 Å². The van der Waals surface area contributed by atoms with E-state index in [1.165, 1.54) is 19.2 Å². The van der Waals surface area contributed by atoms with Gasteiger partial charge in [-0.25, -0.2) is 4.79 Å². The number of hydrogen-bond donors (Lipinski definition) is 1. The minimum absolute atomic E-state index is 0.0472. The van der Waals surface area contributed by atoms with Gasteiger partial charge in [0.05, 0.1) is 16.2 Å². The Balaban J connectivity index is 1.75. The molecule has 0 bridgehead atoms. The van der Waals surface area contributed by atoms with Gasteiger partial charge < -0.3 is 10.0 Å². The normalized spacial score (nSPS) is 15.5. The van der Waals surface area contributed by atoms with Gasteiger partial charge in [0, 0.05) is 7.05 Å². The molecule has 0 aliphatic carbocycles. The topological polar surface area (TPSA) is 95.0 Å². The summed E-state index contributed by atoms with van der Waals surface area (Å²) < 4.78 is 0. The first-order valence-corrected chi connectivity index (χ1v) is 10.2. The maximum Gasteiger partial charge on any atom is 0.337 e. The van der Waals surface area contributed by atoms with Gasteiger partial charge in [0.15, 0.2) is 0 Å². The molecule has 1 saturated heterocycles. The van der Waals surface area contributed by atoms with Gasteiger partial charge >= 0.3 is 5.97 Å². The molecule has 2 aromatic carbocycles. The highest BCUT2D eigenvalue weighted by Crippen LogP contribution is 2.32. The van der Waals surface area contributed by atoms with E-state index >= 15 is 0 Å². The maximum atomic E-state index is 12.7. The van der Waals surface area contributed by atoms with Crippen LogP contribution in [0.25, 0.3) is 6.08 Å². The highest BCUT2D eigenvalue weighted by Gasteiger charge is 2.37. The van der Waals surface area contributed by atoms with Crippen molar-refractivity contribution in [3.8, 4) is 0 Å². The Morgan fingerprint density at radius 3 is 2.39 bits per heavy atom. The molecule has 1 fully saturated rings. The molecule has 1 heterocycles. The van der Waals surface area contributed by atoms with Crippen LogP contribution in [0.5, 0.6) is 0 Å². The van der Waals surface area contributed by atoms with Crippen LogP contribution < -0.4 is 4.90 Å². The minimum atomic E-state index is -1.18. The number of carbonyl (C=O) groups excluding carboxylic acids is 3. The number of carbonyl (C=O) groups is 4. The number of carboxylic acids is 1. The quantitative estimate of drug-likeness (QED) is 0.687. The lowest BCUT2D eigenvalue weighted by molar-refractivity contribution is -0.128. The number of likely N-dealkylation sites (N-methyl/N-ethyl adjacent to an activating group) is 1. The van der Waals surface area contributed by atoms with E-state index in [1.54, 1.807) is 18.2 Å². The molecule has 0 spiro atoms. The van der Waals surface area contributed by atoms with E-state index in [-0.39, 0.29) is 16.2 Å². The highest BCUT2D eigenvalue weighted by atomic mass is 32.2. The number of aromatic carboxylic acids is 1. The van der Waals surface area contributed by atoms with Crippen LogP contribution >= 0.6 is 11.8 Å². The average molecular weight is 436 g/mol. The Kier molecular flexibility index (Phi) is 6.71. The fourth-order valence-electron chi connectivity index (χ4n) is 3.02. The number of benzene rings is 2. The smallest absolute Gasteiger partial charge is 0.337 e. The largest absolute Gasteiger partial charge is 0.478 e.